The van der Waals surface area contributed by atoms with Gasteiger partial charge in [-0.25, -0.2) is 8.42 Å². The number of hydrogen-bond acceptors (Lipinski definition) is 5. The number of hydrogen-bond donors (Lipinski definition) is 1. The molecule has 0 bridgehead atoms. The van der Waals surface area contributed by atoms with Crippen molar-refractivity contribution in [3.8, 4) is 0 Å². The first-order valence-electron chi connectivity index (χ1n) is 10.5. The summed E-state index contributed by atoms with van der Waals surface area (Å²) in [4.78, 5) is 4.70. The Labute approximate surface area is 197 Å². The first-order valence-corrected chi connectivity index (χ1v) is 13.2. The van der Waals surface area contributed by atoms with Crippen LogP contribution in [-0.2, 0) is 10.0 Å². The second-order valence-corrected chi connectivity index (χ2v) is 11.6. The van der Waals surface area contributed by atoms with Crippen LogP contribution in [0.4, 0.5) is 11.4 Å². The molecule has 0 unspecified atom stereocenters. The lowest BCUT2D eigenvalue weighted by atomic mass is 10.1. The number of likely N-dealkylation sites (N-methyl/N-ethyl adjacent to an activating group) is 1. The minimum atomic E-state index is -3.73. The molecule has 1 N–H and O–H groups in total. The van der Waals surface area contributed by atoms with E-state index in [4.69, 9.17) is 11.6 Å². The smallest absolute Gasteiger partial charge is 0.271 e. The molecule has 1 fully saturated rings. The molecule has 0 aliphatic carbocycles. The molecule has 1 aliphatic heterocycles. The molecule has 1 aromatic heterocycles. The van der Waals surface area contributed by atoms with Gasteiger partial charge in [-0.1, -0.05) is 29.8 Å². The fourth-order valence-electron chi connectivity index (χ4n) is 4.27. The summed E-state index contributed by atoms with van der Waals surface area (Å²) in [6, 6.07) is 17.5. The lowest BCUT2D eigenvalue weighted by Crippen LogP contribution is -2.44. The maximum atomic E-state index is 13.3. The van der Waals surface area contributed by atoms with E-state index in [1.807, 2.05) is 37.3 Å². The van der Waals surface area contributed by atoms with E-state index in [-0.39, 0.29) is 0 Å². The zero-order valence-electron chi connectivity index (χ0n) is 17.9. The molecule has 2 heterocycles. The van der Waals surface area contributed by atoms with E-state index in [2.05, 4.69) is 39.8 Å². The molecule has 8 heteroatoms. The van der Waals surface area contributed by atoms with Crippen LogP contribution in [0.2, 0.25) is 5.02 Å². The van der Waals surface area contributed by atoms with Gasteiger partial charge in [0.05, 0.1) is 0 Å². The van der Waals surface area contributed by atoms with Gasteiger partial charge in [-0.3, -0.25) is 4.72 Å². The molecular weight excluding hydrogens is 462 g/mol. The molecule has 0 amide bonds. The first-order chi connectivity index (χ1) is 15.3. The van der Waals surface area contributed by atoms with E-state index in [9.17, 15) is 8.42 Å². The van der Waals surface area contributed by atoms with Gasteiger partial charge in [-0.05, 0) is 66.7 Å². The van der Waals surface area contributed by atoms with Crippen molar-refractivity contribution in [2.24, 2.45) is 0 Å². The van der Waals surface area contributed by atoms with E-state index in [1.165, 1.54) is 11.3 Å². The number of anilines is 2. The van der Waals surface area contributed by atoms with Crippen molar-refractivity contribution in [1.29, 1.82) is 0 Å². The highest BCUT2D eigenvalue weighted by atomic mass is 35.5. The number of piperazine rings is 1. The van der Waals surface area contributed by atoms with Crippen molar-refractivity contribution in [1.82, 2.24) is 4.90 Å². The number of rotatable bonds is 4. The molecule has 0 radical (unpaired) electrons. The molecule has 1 saturated heterocycles. The predicted molar refractivity (Wildman–Crippen MR) is 136 cm³/mol. The third kappa shape index (κ3) is 3.94. The van der Waals surface area contributed by atoms with Crippen LogP contribution in [0.25, 0.3) is 20.9 Å². The number of benzene rings is 3. The Morgan fingerprint density at radius 1 is 0.969 bits per heavy atom. The highest BCUT2D eigenvalue weighted by Gasteiger charge is 2.23. The SMILES string of the molecule is Cc1c(S(=O)(=O)Nc2ccc3cccc(N4CCN(C)CC4)c3c2)sc2ccc(Cl)cc12. The van der Waals surface area contributed by atoms with Gasteiger partial charge in [0.25, 0.3) is 10.0 Å². The maximum absolute atomic E-state index is 13.3. The van der Waals surface area contributed by atoms with Crippen LogP contribution < -0.4 is 9.62 Å². The number of fused-ring (bicyclic) bond motifs is 2. The normalized spacial score (nSPS) is 15.5. The zero-order chi connectivity index (χ0) is 22.5. The largest absolute Gasteiger partial charge is 0.368 e. The molecule has 0 saturated carbocycles. The molecule has 0 spiro atoms. The minimum Gasteiger partial charge on any atom is -0.368 e. The molecule has 0 atom stereocenters. The summed E-state index contributed by atoms with van der Waals surface area (Å²) in [7, 11) is -1.59. The number of nitrogens with zero attached hydrogens (tertiary/aromatic N) is 2. The number of thiophene rings is 1. The lowest BCUT2D eigenvalue weighted by Gasteiger charge is -2.34. The number of halogens is 1. The van der Waals surface area contributed by atoms with Gasteiger partial charge in [-0.15, -0.1) is 11.3 Å². The summed E-state index contributed by atoms with van der Waals surface area (Å²) < 4.78 is 30.6. The van der Waals surface area contributed by atoms with E-state index in [1.54, 1.807) is 6.07 Å². The average molecular weight is 486 g/mol. The van der Waals surface area contributed by atoms with Crippen LogP contribution in [0.3, 0.4) is 0 Å². The average Bonchev–Trinajstić information content (AvgIpc) is 3.10. The number of nitrogens with one attached hydrogen (secondary N) is 1. The van der Waals surface area contributed by atoms with Crippen LogP contribution in [0.5, 0.6) is 0 Å². The summed E-state index contributed by atoms with van der Waals surface area (Å²) in [5, 5.41) is 3.62. The number of aryl methyl sites for hydroxylation is 1. The van der Waals surface area contributed by atoms with Crippen LogP contribution in [-0.4, -0.2) is 46.5 Å². The second kappa shape index (κ2) is 8.23. The fraction of sp³-hybridized carbons (Fsp3) is 0.250. The molecule has 3 aromatic carbocycles. The van der Waals surface area contributed by atoms with Crippen molar-refractivity contribution < 1.29 is 8.42 Å². The minimum absolute atomic E-state index is 0.321. The molecule has 5 rings (SSSR count). The molecule has 166 valence electrons. The van der Waals surface area contributed by atoms with Crippen molar-refractivity contribution >= 4 is 65.2 Å². The van der Waals surface area contributed by atoms with Crippen LogP contribution in [0.15, 0.2) is 58.8 Å². The Bertz CT molecular complexity index is 1420. The molecule has 4 aromatic rings. The Kier molecular flexibility index (Phi) is 5.53. The van der Waals surface area contributed by atoms with Gasteiger partial charge >= 0.3 is 0 Å². The highest BCUT2D eigenvalue weighted by Crippen LogP contribution is 2.37. The van der Waals surface area contributed by atoms with Crippen molar-refractivity contribution in [2.75, 3.05) is 42.8 Å². The monoisotopic (exact) mass is 485 g/mol. The van der Waals surface area contributed by atoms with Crippen molar-refractivity contribution in [2.45, 2.75) is 11.1 Å². The third-order valence-electron chi connectivity index (χ3n) is 6.05. The summed E-state index contributed by atoms with van der Waals surface area (Å²) >= 11 is 7.39. The van der Waals surface area contributed by atoms with Gasteiger partial charge < -0.3 is 9.80 Å². The van der Waals surface area contributed by atoms with Crippen LogP contribution in [0.1, 0.15) is 5.56 Å². The Balaban J connectivity index is 1.51. The summed E-state index contributed by atoms with van der Waals surface area (Å²) in [5.41, 5.74) is 2.43. The Morgan fingerprint density at radius 3 is 2.53 bits per heavy atom. The van der Waals surface area contributed by atoms with E-state index in [0.717, 1.165) is 58.3 Å². The number of sulfonamides is 1. The van der Waals surface area contributed by atoms with Gasteiger partial charge in [0.1, 0.15) is 4.21 Å². The second-order valence-electron chi connectivity index (χ2n) is 8.26. The summed E-state index contributed by atoms with van der Waals surface area (Å²) in [6.45, 7) is 5.76. The molecule has 32 heavy (non-hydrogen) atoms. The summed E-state index contributed by atoms with van der Waals surface area (Å²) in [5.74, 6) is 0. The van der Waals surface area contributed by atoms with Crippen LogP contribution >= 0.6 is 22.9 Å². The highest BCUT2D eigenvalue weighted by molar-refractivity contribution is 7.94. The molecule has 1 aliphatic rings. The first kappa shape index (κ1) is 21.5. The Morgan fingerprint density at radius 2 is 1.75 bits per heavy atom. The van der Waals surface area contributed by atoms with Crippen molar-refractivity contribution in [3.05, 3.63) is 65.2 Å². The lowest BCUT2D eigenvalue weighted by molar-refractivity contribution is 0.313. The van der Waals surface area contributed by atoms with E-state index in [0.29, 0.717) is 14.9 Å². The van der Waals surface area contributed by atoms with Gasteiger partial charge in [0, 0.05) is 52.7 Å². The quantitative estimate of drug-likeness (QED) is 0.410. The van der Waals surface area contributed by atoms with Gasteiger partial charge in [-0.2, -0.15) is 0 Å². The third-order valence-corrected chi connectivity index (χ3v) is 9.56. The van der Waals surface area contributed by atoms with Gasteiger partial charge in [0.2, 0.25) is 0 Å². The topological polar surface area (TPSA) is 52.7 Å². The van der Waals surface area contributed by atoms with E-state index < -0.39 is 10.0 Å². The standard InChI is InChI=1S/C24H24ClN3O2S2/c1-16-20-14-18(25)7-9-23(20)31-24(16)32(29,30)26-19-8-6-17-4-3-5-22(21(17)15-19)28-12-10-27(2)11-13-28/h3-9,14-15,26H,10-13H2,1-2H3. The Hall–Kier alpha value is -2.32. The van der Waals surface area contributed by atoms with Gasteiger partial charge in [0.15, 0.2) is 0 Å². The fourth-order valence-corrected chi connectivity index (χ4v) is 7.24. The van der Waals surface area contributed by atoms with Crippen molar-refractivity contribution in [3.63, 3.8) is 0 Å². The maximum Gasteiger partial charge on any atom is 0.271 e. The molecular formula is C24H24ClN3O2S2. The molecule has 5 nitrogen and oxygen atoms in total. The summed E-state index contributed by atoms with van der Waals surface area (Å²) in [6.07, 6.45) is 0. The predicted octanol–water partition coefficient (Wildman–Crippen LogP) is 5.57. The van der Waals surface area contributed by atoms with Crippen LogP contribution in [0, 0.1) is 6.92 Å². The zero-order valence-corrected chi connectivity index (χ0v) is 20.3. The van der Waals surface area contributed by atoms with E-state index >= 15 is 0 Å².